The minimum Gasteiger partial charge on any atom is -0.326 e. The molecule has 0 aromatic heterocycles. The largest absolute Gasteiger partial charge is 0.326 e. The van der Waals surface area contributed by atoms with E-state index in [1.807, 2.05) is 12.1 Å². The Hall–Kier alpha value is -1.95. The summed E-state index contributed by atoms with van der Waals surface area (Å²) in [7, 11) is 0. The minimum absolute atomic E-state index is 0.0807. The molecule has 0 bridgehead atoms. The molecule has 1 fully saturated rings. The molecule has 1 N–H and O–H groups in total. The molecule has 4 nitrogen and oxygen atoms in total. The third kappa shape index (κ3) is 6.61. The van der Waals surface area contributed by atoms with E-state index in [1.165, 1.54) is 17.7 Å². The highest BCUT2D eigenvalue weighted by atomic mass is 35.5. The zero-order chi connectivity index (χ0) is 19.1. The summed E-state index contributed by atoms with van der Waals surface area (Å²) in [6.45, 7) is 5.61. The molecule has 1 aliphatic rings. The van der Waals surface area contributed by atoms with Crippen molar-refractivity contribution in [1.29, 1.82) is 0 Å². The van der Waals surface area contributed by atoms with Gasteiger partial charge in [-0.05, 0) is 55.4 Å². The fourth-order valence-corrected chi connectivity index (χ4v) is 3.43. The fraction of sp³-hybridized carbons (Fsp3) is 0.381. The van der Waals surface area contributed by atoms with Gasteiger partial charge in [-0.2, -0.15) is 0 Å². The standard InChI is InChI=1S/C21H25ClFN3O/c22-18-7-5-17(6-8-18)16-26-11-2-10-25(13-14-26)12-9-21(27)24-20-4-1-3-19(23)15-20/h1,3-8,15H,2,9-14,16H2,(H,24,27). The van der Waals surface area contributed by atoms with E-state index in [0.29, 0.717) is 12.1 Å². The first-order valence-electron chi connectivity index (χ1n) is 9.33. The number of nitrogens with one attached hydrogen (secondary N) is 1. The van der Waals surface area contributed by atoms with Gasteiger partial charge in [-0.3, -0.25) is 9.69 Å². The Morgan fingerprint density at radius 3 is 2.56 bits per heavy atom. The third-order valence-corrected chi connectivity index (χ3v) is 5.02. The maximum Gasteiger partial charge on any atom is 0.225 e. The van der Waals surface area contributed by atoms with Gasteiger partial charge in [0, 0.05) is 43.3 Å². The van der Waals surface area contributed by atoms with Gasteiger partial charge in [-0.1, -0.05) is 29.8 Å². The first-order chi connectivity index (χ1) is 13.1. The normalized spacial score (nSPS) is 16.1. The van der Waals surface area contributed by atoms with Crippen LogP contribution in [0.5, 0.6) is 0 Å². The second kappa shape index (κ2) is 9.83. The maximum absolute atomic E-state index is 13.2. The number of hydrogen-bond acceptors (Lipinski definition) is 3. The van der Waals surface area contributed by atoms with Gasteiger partial charge in [0.2, 0.25) is 5.91 Å². The van der Waals surface area contributed by atoms with Gasteiger partial charge in [-0.15, -0.1) is 0 Å². The van der Waals surface area contributed by atoms with E-state index in [0.717, 1.165) is 50.7 Å². The van der Waals surface area contributed by atoms with E-state index in [9.17, 15) is 9.18 Å². The number of halogens is 2. The highest BCUT2D eigenvalue weighted by molar-refractivity contribution is 6.30. The van der Waals surface area contributed by atoms with Crippen LogP contribution in [-0.4, -0.2) is 48.4 Å². The molecule has 0 atom stereocenters. The van der Waals surface area contributed by atoms with E-state index in [1.54, 1.807) is 12.1 Å². The van der Waals surface area contributed by atoms with Gasteiger partial charge < -0.3 is 10.2 Å². The molecule has 1 aliphatic heterocycles. The van der Waals surface area contributed by atoms with Crippen LogP contribution in [0.4, 0.5) is 10.1 Å². The number of carbonyl (C=O) groups is 1. The molecule has 1 saturated heterocycles. The smallest absolute Gasteiger partial charge is 0.225 e. The molecule has 6 heteroatoms. The maximum atomic E-state index is 13.2. The Labute approximate surface area is 164 Å². The van der Waals surface area contributed by atoms with Gasteiger partial charge in [0.05, 0.1) is 0 Å². The van der Waals surface area contributed by atoms with Crippen LogP contribution in [0.1, 0.15) is 18.4 Å². The summed E-state index contributed by atoms with van der Waals surface area (Å²) < 4.78 is 13.2. The van der Waals surface area contributed by atoms with Crippen LogP contribution in [0.15, 0.2) is 48.5 Å². The monoisotopic (exact) mass is 389 g/mol. The molecular formula is C21H25ClFN3O. The second-order valence-electron chi connectivity index (χ2n) is 6.91. The summed E-state index contributed by atoms with van der Waals surface area (Å²) in [6, 6.07) is 14.0. The average Bonchev–Trinajstić information content (AvgIpc) is 2.87. The quantitative estimate of drug-likeness (QED) is 0.810. The first-order valence-corrected chi connectivity index (χ1v) is 9.71. The Balaban J connectivity index is 1.41. The van der Waals surface area contributed by atoms with E-state index in [4.69, 9.17) is 11.6 Å². The van der Waals surface area contributed by atoms with Crippen LogP contribution in [-0.2, 0) is 11.3 Å². The Kier molecular flexibility index (Phi) is 7.21. The molecule has 1 heterocycles. The SMILES string of the molecule is O=C(CCN1CCCN(Cc2ccc(Cl)cc2)CC1)Nc1cccc(F)c1. The molecule has 2 aromatic carbocycles. The second-order valence-corrected chi connectivity index (χ2v) is 7.34. The molecule has 0 radical (unpaired) electrons. The molecule has 2 aromatic rings. The Bertz CT molecular complexity index is 753. The highest BCUT2D eigenvalue weighted by Gasteiger charge is 2.16. The van der Waals surface area contributed by atoms with E-state index < -0.39 is 0 Å². The molecule has 144 valence electrons. The predicted molar refractivity (Wildman–Crippen MR) is 107 cm³/mol. The zero-order valence-corrected chi connectivity index (χ0v) is 16.1. The summed E-state index contributed by atoms with van der Waals surface area (Å²) >= 11 is 5.95. The van der Waals surface area contributed by atoms with Crippen molar-refractivity contribution in [2.45, 2.75) is 19.4 Å². The molecule has 0 unspecified atom stereocenters. The van der Waals surface area contributed by atoms with Crippen LogP contribution in [0.2, 0.25) is 5.02 Å². The summed E-state index contributed by atoms with van der Waals surface area (Å²) in [6.07, 6.45) is 1.49. The number of anilines is 1. The van der Waals surface area contributed by atoms with Gasteiger partial charge >= 0.3 is 0 Å². The Morgan fingerprint density at radius 2 is 1.78 bits per heavy atom. The van der Waals surface area contributed by atoms with Crippen molar-refractivity contribution < 1.29 is 9.18 Å². The van der Waals surface area contributed by atoms with E-state index >= 15 is 0 Å². The lowest BCUT2D eigenvalue weighted by molar-refractivity contribution is -0.116. The van der Waals surface area contributed by atoms with Gasteiger partial charge in [0.25, 0.3) is 0 Å². The molecule has 0 aliphatic carbocycles. The molecule has 3 rings (SSSR count). The van der Waals surface area contributed by atoms with Crippen LogP contribution < -0.4 is 5.32 Å². The topological polar surface area (TPSA) is 35.6 Å². The summed E-state index contributed by atoms with van der Waals surface area (Å²) in [4.78, 5) is 16.9. The molecular weight excluding hydrogens is 365 g/mol. The zero-order valence-electron chi connectivity index (χ0n) is 15.3. The lowest BCUT2D eigenvalue weighted by Crippen LogP contribution is -2.32. The van der Waals surface area contributed by atoms with Crippen molar-refractivity contribution in [2.75, 3.05) is 38.0 Å². The summed E-state index contributed by atoms with van der Waals surface area (Å²) in [5.41, 5.74) is 1.77. The van der Waals surface area contributed by atoms with Crippen LogP contribution in [0.3, 0.4) is 0 Å². The highest BCUT2D eigenvalue weighted by Crippen LogP contribution is 2.14. The number of hydrogen-bond donors (Lipinski definition) is 1. The Morgan fingerprint density at radius 1 is 1.04 bits per heavy atom. The molecule has 27 heavy (non-hydrogen) atoms. The fourth-order valence-electron chi connectivity index (χ4n) is 3.30. The van der Waals surface area contributed by atoms with Crippen LogP contribution >= 0.6 is 11.6 Å². The van der Waals surface area contributed by atoms with Crippen molar-refractivity contribution in [2.24, 2.45) is 0 Å². The van der Waals surface area contributed by atoms with E-state index in [-0.39, 0.29) is 11.7 Å². The van der Waals surface area contributed by atoms with Crippen LogP contribution in [0.25, 0.3) is 0 Å². The summed E-state index contributed by atoms with van der Waals surface area (Å²) in [5.74, 6) is -0.427. The molecule has 0 saturated carbocycles. The summed E-state index contributed by atoms with van der Waals surface area (Å²) in [5, 5.41) is 3.52. The lowest BCUT2D eigenvalue weighted by Gasteiger charge is -2.21. The number of amides is 1. The van der Waals surface area contributed by atoms with Gasteiger partial charge in [0.1, 0.15) is 5.82 Å². The van der Waals surface area contributed by atoms with Crippen molar-refractivity contribution in [3.63, 3.8) is 0 Å². The van der Waals surface area contributed by atoms with Gasteiger partial charge in [-0.25, -0.2) is 4.39 Å². The van der Waals surface area contributed by atoms with Crippen LogP contribution in [0, 0.1) is 5.82 Å². The first kappa shape index (κ1) is 19.8. The van der Waals surface area contributed by atoms with Crippen molar-refractivity contribution in [1.82, 2.24) is 9.80 Å². The lowest BCUT2D eigenvalue weighted by atomic mass is 10.2. The van der Waals surface area contributed by atoms with Crippen molar-refractivity contribution in [3.8, 4) is 0 Å². The third-order valence-electron chi connectivity index (χ3n) is 4.76. The molecule has 0 spiro atoms. The number of carbonyl (C=O) groups excluding carboxylic acids is 1. The minimum atomic E-state index is -0.346. The number of nitrogens with zero attached hydrogens (tertiary/aromatic N) is 2. The van der Waals surface area contributed by atoms with Crippen molar-refractivity contribution in [3.05, 3.63) is 64.9 Å². The van der Waals surface area contributed by atoms with Gasteiger partial charge in [0.15, 0.2) is 0 Å². The average molecular weight is 390 g/mol. The van der Waals surface area contributed by atoms with Crippen molar-refractivity contribution >= 4 is 23.2 Å². The van der Waals surface area contributed by atoms with E-state index in [2.05, 4.69) is 27.2 Å². The number of rotatable bonds is 6. The number of benzene rings is 2. The predicted octanol–water partition coefficient (Wildman–Crippen LogP) is 4.02. The molecule has 1 amide bonds.